The van der Waals surface area contributed by atoms with Gasteiger partial charge in [-0.15, -0.1) is 0 Å². The molecule has 1 aromatic carbocycles. The Kier molecular flexibility index (Phi) is 3.77. The lowest BCUT2D eigenvalue weighted by Crippen LogP contribution is -2.41. The Morgan fingerprint density at radius 3 is 2.86 bits per heavy atom. The largest absolute Gasteiger partial charge is 0.469 e. The highest BCUT2D eigenvalue weighted by Gasteiger charge is 2.49. The topological polar surface area (TPSA) is 35.5 Å². The number of carbonyl (C=O) groups is 1. The Morgan fingerprint density at radius 2 is 2.09 bits per heavy atom. The molecule has 1 fully saturated rings. The SMILES string of the molecule is Cc1cc(F)c(CC(C)[C@]23CCC(=O)C=C2OCO3)cc1F. The van der Waals surface area contributed by atoms with Gasteiger partial charge < -0.3 is 9.47 Å². The second-order valence-corrected chi connectivity index (χ2v) is 6.07. The van der Waals surface area contributed by atoms with Crippen LogP contribution in [0.5, 0.6) is 0 Å². The van der Waals surface area contributed by atoms with Gasteiger partial charge in [0.25, 0.3) is 0 Å². The lowest BCUT2D eigenvalue weighted by molar-refractivity contribution is -0.117. The molecule has 2 aliphatic rings. The zero-order valence-corrected chi connectivity index (χ0v) is 12.6. The van der Waals surface area contributed by atoms with Gasteiger partial charge in [0.15, 0.2) is 12.6 Å². The first-order chi connectivity index (χ1) is 10.4. The van der Waals surface area contributed by atoms with Gasteiger partial charge in [0.05, 0.1) is 0 Å². The molecule has 1 saturated heterocycles. The van der Waals surface area contributed by atoms with Crippen molar-refractivity contribution in [2.24, 2.45) is 5.92 Å². The number of ketones is 1. The first kappa shape index (κ1) is 15.2. The highest BCUT2D eigenvalue weighted by atomic mass is 19.1. The molecule has 1 heterocycles. The third kappa shape index (κ3) is 2.43. The quantitative estimate of drug-likeness (QED) is 0.858. The minimum Gasteiger partial charge on any atom is -0.469 e. The molecule has 1 aliphatic carbocycles. The van der Waals surface area contributed by atoms with E-state index < -0.39 is 17.2 Å². The van der Waals surface area contributed by atoms with E-state index >= 15 is 0 Å². The molecule has 0 radical (unpaired) electrons. The smallest absolute Gasteiger partial charge is 0.189 e. The van der Waals surface area contributed by atoms with E-state index in [1.165, 1.54) is 25.1 Å². The van der Waals surface area contributed by atoms with Crippen LogP contribution in [0.4, 0.5) is 8.78 Å². The molecule has 3 nitrogen and oxygen atoms in total. The summed E-state index contributed by atoms with van der Waals surface area (Å²) in [6.07, 6.45) is 2.67. The maximum atomic E-state index is 14.1. The summed E-state index contributed by atoms with van der Waals surface area (Å²) in [6, 6.07) is 2.45. The Hall–Kier alpha value is -1.75. The van der Waals surface area contributed by atoms with E-state index in [9.17, 15) is 13.6 Å². The van der Waals surface area contributed by atoms with Crippen molar-refractivity contribution in [2.75, 3.05) is 6.79 Å². The molecule has 5 heteroatoms. The minimum atomic E-state index is -0.707. The van der Waals surface area contributed by atoms with E-state index in [2.05, 4.69) is 0 Å². The van der Waals surface area contributed by atoms with Gasteiger partial charge in [0.2, 0.25) is 0 Å². The van der Waals surface area contributed by atoms with Crippen molar-refractivity contribution in [3.63, 3.8) is 0 Å². The van der Waals surface area contributed by atoms with Gasteiger partial charge in [0.1, 0.15) is 23.0 Å². The number of aryl methyl sites for hydroxylation is 1. The molecule has 22 heavy (non-hydrogen) atoms. The standard InChI is InChI=1S/C17H18F2O3/c1-10-5-15(19)12(7-14(10)18)6-11(2)17-4-3-13(20)8-16(17)21-9-22-17/h5,7-8,11H,3-4,6,9H2,1-2H3/t11?,17-/m1/s1. The van der Waals surface area contributed by atoms with Crippen LogP contribution in [-0.2, 0) is 20.7 Å². The van der Waals surface area contributed by atoms with Gasteiger partial charge in [-0.1, -0.05) is 6.92 Å². The van der Waals surface area contributed by atoms with Crippen LogP contribution in [0.1, 0.15) is 30.9 Å². The third-order valence-electron chi connectivity index (χ3n) is 4.63. The molecule has 3 rings (SSSR count). The monoisotopic (exact) mass is 308 g/mol. The number of hydrogen-bond donors (Lipinski definition) is 0. The zero-order valence-electron chi connectivity index (χ0n) is 12.6. The highest BCUT2D eigenvalue weighted by molar-refractivity contribution is 5.91. The molecule has 118 valence electrons. The number of halogens is 2. The van der Waals surface area contributed by atoms with Crippen LogP contribution >= 0.6 is 0 Å². The van der Waals surface area contributed by atoms with Crippen LogP contribution < -0.4 is 0 Å². The number of fused-ring (bicyclic) bond motifs is 1. The van der Waals surface area contributed by atoms with E-state index in [0.717, 1.165) is 0 Å². The molecular weight excluding hydrogens is 290 g/mol. The summed E-state index contributed by atoms with van der Waals surface area (Å²) in [5.41, 5.74) is -0.102. The average Bonchev–Trinajstić information content (AvgIpc) is 2.88. The highest BCUT2D eigenvalue weighted by Crippen LogP contribution is 2.44. The molecule has 0 N–H and O–H groups in total. The van der Waals surface area contributed by atoms with Crippen LogP contribution in [0.25, 0.3) is 0 Å². The van der Waals surface area contributed by atoms with Crippen molar-refractivity contribution in [1.29, 1.82) is 0 Å². The lowest BCUT2D eigenvalue weighted by atomic mass is 9.76. The second kappa shape index (κ2) is 5.47. The minimum absolute atomic E-state index is 0.0101. The van der Waals surface area contributed by atoms with Crippen LogP contribution in [0.2, 0.25) is 0 Å². The molecule has 2 atom stereocenters. The second-order valence-electron chi connectivity index (χ2n) is 6.07. The summed E-state index contributed by atoms with van der Waals surface area (Å²) in [6.45, 7) is 3.54. The number of rotatable bonds is 3. The van der Waals surface area contributed by atoms with Crippen molar-refractivity contribution < 1.29 is 23.0 Å². The van der Waals surface area contributed by atoms with Crippen molar-refractivity contribution >= 4 is 5.78 Å². The fraction of sp³-hybridized carbons (Fsp3) is 0.471. The zero-order chi connectivity index (χ0) is 15.9. The first-order valence-electron chi connectivity index (χ1n) is 7.38. The van der Waals surface area contributed by atoms with Gasteiger partial charge in [-0.2, -0.15) is 0 Å². The van der Waals surface area contributed by atoms with Crippen LogP contribution in [0, 0.1) is 24.5 Å². The number of ether oxygens (including phenoxy) is 2. The lowest BCUT2D eigenvalue weighted by Gasteiger charge is -2.35. The Labute approximate surface area is 127 Å². The molecule has 0 aromatic heterocycles. The Balaban J connectivity index is 1.88. The predicted molar refractivity (Wildman–Crippen MR) is 76.1 cm³/mol. The Bertz CT molecular complexity index is 654. The predicted octanol–water partition coefficient (Wildman–Crippen LogP) is 3.44. The van der Waals surface area contributed by atoms with Crippen LogP contribution in [-0.4, -0.2) is 18.2 Å². The summed E-state index contributed by atoms with van der Waals surface area (Å²) in [5.74, 6) is -0.441. The third-order valence-corrected chi connectivity index (χ3v) is 4.63. The fourth-order valence-electron chi connectivity index (χ4n) is 3.25. The fourth-order valence-corrected chi connectivity index (χ4v) is 3.25. The average molecular weight is 308 g/mol. The van der Waals surface area contributed by atoms with E-state index in [-0.39, 0.29) is 24.1 Å². The molecule has 1 aromatic rings. The number of benzene rings is 1. The summed E-state index contributed by atoms with van der Waals surface area (Å²) in [5, 5.41) is 0. The number of allylic oxidation sites excluding steroid dienone is 1. The van der Waals surface area contributed by atoms with Crippen LogP contribution in [0.3, 0.4) is 0 Å². The summed E-state index contributed by atoms with van der Waals surface area (Å²) < 4.78 is 38.9. The maximum Gasteiger partial charge on any atom is 0.189 e. The van der Waals surface area contributed by atoms with E-state index in [0.29, 0.717) is 30.6 Å². The number of hydrogen-bond acceptors (Lipinski definition) is 3. The summed E-state index contributed by atoms with van der Waals surface area (Å²) >= 11 is 0. The van der Waals surface area contributed by atoms with Crippen LogP contribution in [0.15, 0.2) is 24.0 Å². The molecule has 1 aliphatic heterocycles. The molecule has 0 bridgehead atoms. The van der Waals surface area contributed by atoms with Gasteiger partial charge in [0, 0.05) is 12.5 Å². The molecule has 0 amide bonds. The van der Waals surface area contributed by atoms with Crippen molar-refractivity contribution in [2.45, 2.75) is 38.7 Å². The Morgan fingerprint density at radius 1 is 1.32 bits per heavy atom. The molecule has 1 unspecified atom stereocenters. The first-order valence-corrected chi connectivity index (χ1v) is 7.38. The van der Waals surface area contributed by atoms with Gasteiger partial charge >= 0.3 is 0 Å². The normalized spacial score (nSPS) is 25.5. The molecule has 0 spiro atoms. The summed E-state index contributed by atoms with van der Waals surface area (Å²) in [4.78, 5) is 11.5. The van der Waals surface area contributed by atoms with Crippen molar-refractivity contribution in [1.82, 2.24) is 0 Å². The van der Waals surface area contributed by atoms with Gasteiger partial charge in [-0.25, -0.2) is 8.78 Å². The van der Waals surface area contributed by atoms with E-state index in [1.54, 1.807) is 0 Å². The molecule has 0 saturated carbocycles. The van der Waals surface area contributed by atoms with E-state index in [1.807, 2.05) is 6.92 Å². The van der Waals surface area contributed by atoms with Crippen molar-refractivity contribution in [3.8, 4) is 0 Å². The van der Waals surface area contributed by atoms with Gasteiger partial charge in [-0.05, 0) is 48.9 Å². The van der Waals surface area contributed by atoms with Crippen molar-refractivity contribution in [3.05, 3.63) is 46.7 Å². The summed E-state index contributed by atoms with van der Waals surface area (Å²) in [7, 11) is 0. The van der Waals surface area contributed by atoms with Gasteiger partial charge in [-0.3, -0.25) is 4.79 Å². The maximum absolute atomic E-state index is 14.1. The van der Waals surface area contributed by atoms with E-state index in [4.69, 9.17) is 9.47 Å². The number of carbonyl (C=O) groups excluding carboxylic acids is 1. The molecular formula is C17H18F2O3.